The smallest absolute Gasteiger partial charge is 0.261 e. The van der Waals surface area contributed by atoms with Gasteiger partial charge in [-0.2, -0.15) is 0 Å². The molecule has 2 rings (SSSR count). The van der Waals surface area contributed by atoms with Crippen molar-refractivity contribution in [2.45, 2.75) is 45.1 Å². The van der Waals surface area contributed by atoms with Gasteiger partial charge in [0.1, 0.15) is 11.5 Å². The Balaban J connectivity index is 1.69. The Hall–Kier alpha value is -1.75. The maximum atomic E-state index is 12.3. The van der Waals surface area contributed by atoms with E-state index in [0.717, 1.165) is 18.7 Å². The van der Waals surface area contributed by atoms with Crippen LogP contribution in [0.1, 0.15) is 39.0 Å². The lowest BCUT2D eigenvalue weighted by atomic mass is 10.1. The highest BCUT2D eigenvalue weighted by Gasteiger charge is 2.18. The Morgan fingerprint density at radius 1 is 1.17 bits per heavy atom. The normalized spacial score (nSPS) is 16.4. The molecule has 1 aliphatic heterocycles. The van der Waals surface area contributed by atoms with Crippen LogP contribution in [0.25, 0.3) is 0 Å². The van der Waals surface area contributed by atoms with Gasteiger partial charge in [-0.1, -0.05) is 13.3 Å². The molecule has 134 valence electrons. The summed E-state index contributed by atoms with van der Waals surface area (Å²) in [5.74, 6) is 1.43. The number of rotatable bonds is 9. The molecule has 24 heavy (non-hydrogen) atoms. The molecule has 1 N–H and O–H groups in total. The van der Waals surface area contributed by atoms with Gasteiger partial charge >= 0.3 is 0 Å². The van der Waals surface area contributed by atoms with Crippen LogP contribution < -0.4 is 14.8 Å². The largest absolute Gasteiger partial charge is 0.497 e. The van der Waals surface area contributed by atoms with E-state index in [1.807, 2.05) is 31.2 Å². The maximum Gasteiger partial charge on any atom is 0.261 e. The molecular formula is C19H30N2O3. The van der Waals surface area contributed by atoms with Crippen LogP contribution in [0.5, 0.6) is 11.5 Å². The number of likely N-dealkylation sites (tertiary alicyclic amines) is 1. The zero-order chi connectivity index (χ0) is 17.2. The zero-order valence-corrected chi connectivity index (χ0v) is 14.9. The average Bonchev–Trinajstić information content (AvgIpc) is 2.64. The second kappa shape index (κ2) is 10.2. The summed E-state index contributed by atoms with van der Waals surface area (Å²) in [7, 11) is 1.63. The van der Waals surface area contributed by atoms with Crippen molar-refractivity contribution in [1.29, 1.82) is 0 Å². The third kappa shape index (κ3) is 6.04. The molecule has 1 atom stereocenters. The van der Waals surface area contributed by atoms with Gasteiger partial charge < -0.3 is 19.7 Å². The van der Waals surface area contributed by atoms with Crippen molar-refractivity contribution in [3.8, 4) is 11.5 Å². The first kappa shape index (κ1) is 18.6. The molecular weight excluding hydrogens is 304 g/mol. The number of nitrogens with zero attached hydrogens (tertiary/aromatic N) is 1. The van der Waals surface area contributed by atoms with E-state index < -0.39 is 6.10 Å². The number of amides is 1. The Morgan fingerprint density at radius 2 is 1.83 bits per heavy atom. The fourth-order valence-electron chi connectivity index (χ4n) is 2.95. The van der Waals surface area contributed by atoms with Crippen LogP contribution in [-0.2, 0) is 4.79 Å². The predicted octanol–water partition coefficient (Wildman–Crippen LogP) is 2.84. The number of carbonyl (C=O) groups is 1. The first-order valence-electron chi connectivity index (χ1n) is 9.03. The second-order valence-corrected chi connectivity index (χ2v) is 6.24. The number of hydrogen-bond acceptors (Lipinski definition) is 4. The second-order valence-electron chi connectivity index (χ2n) is 6.24. The highest BCUT2D eigenvalue weighted by atomic mass is 16.5. The van der Waals surface area contributed by atoms with Gasteiger partial charge in [0.25, 0.3) is 5.91 Å². The van der Waals surface area contributed by atoms with Crippen LogP contribution in [0.3, 0.4) is 0 Å². The number of hydrogen-bond donors (Lipinski definition) is 1. The molecule has 5 heteroatoms. The van der Waals surface area contributed by atoms with E-state index in [4.69, 9.17) is 9.47 Å². The summed E-state index contributed by atoms with van der Waals surface area (Å²) in [5, 5.41) is 3.00. The van der Waals surface area contributed by atoms with E-state index in [2.05, 4.69) is 10.2 Å². The van der Waals surface area contributed by atoms with E-state index in [1.165, 1.54) is 32.4 Å². The van der Waals surface area contributed by atoms with Crippen LogP contribution in [0.4, 0.5) is 0 Å². The molecule has 1 amide bonds. The summed E-state index contributed by atoms with van der Waals surface area (Å²) in [6, 6.07) is 7.31. The molecule has 0 spiro atoms. The SMILES string of the molecule is CC[C@H](Oc1ccc(OC)cc1)C(=O)NCCCN1CCCCC1. The Kier molecular flexibility index (Phi) is 7.89. The highest BCUT2D eigenvalue weighted by molar-refractivity contribution is 5.81. The van der Waals surface area contributed by atoms with E-state index in [1.54, 1.807) is 7.11 Å². The molecule has 1 aromatic rings. The van der Waals surface area contributed by atoms with Crippen LogP contribution in [0.2, 0.25) is 0 Å². The lowest BCUT2D eigenvalue weighted by molar-refractivity contribution is -0.128. The summed E-state index contributed by atoms with van der Waals surface area (Å²) in [4.78, 5) is 14.8. The molecule has 0 aromatic heterocycles. The quantitative estimate of drug-likeness (QED) is 0.706. The first-order valence-corrected chi connectivity index (χ1v) is 9.03. The molecule has 0 unspecified atom stereocenters. The Labute approximate surface area is 145 Å². The highest BCUT2D eigenvalue weighted by Crippen LogP contribution is 2.19. The van der Waals surface area contributed by atoms with Crippen LogP contribution >= 0.6 is 0 Å². The number of methoxy groups -OCH3 is 1. The van der Waals surface area contributed by atoms with Gasteiger partial charge in [-0.25, -0.2) is 0 Å². The van der Waals surface area contributed by atoms with Crippen molar-refractivity contribution >= 4 is 5.91 Å². The van der Waals surface area contributed by atoms with Gasteiger partial charge in [0.05, 0.1) is 7.11 Å². The van der Waals surface area contributed by atoms with E-state index in [9.17, 15) is 4.79 Å². The minimum atomic E-state index is -0.451. The van der Waals surface area contributed by atoms with Gasteiger partial charge in [-0.05, 0) is 69.6 Å². The summed E-state index contributed by atoms with van der Waals surface area (Å²) in [6.45, 7) is 6.13. The van der Waals surface area contributed by atoms with Crippen molar-refractivity contribution < 1.29 is 14.3 Å². The number of benzene rings is 1. The Morgan fingerprint density at radius 3 is 2.46 bits per heavy atom. The van der Waals surface area contributed by atoms with E-state index in [-0.39, 0.29) is 5.91 Å². The number of nitrogens with one attached hydrogen (secondary N) is 1. The third-order valence-corrected chi connectivity index (χ3v) is 4.40. The number of ether oxygens (including phenoxy) is 2. The zero-order valence-electron chi connectivity index (χ0n) is 14.9. The Bertz CT molecular complexity index is 484. The third-order valence-electron chi connectivity index (χ3n) is 4.40. The molecule has 1 aromatic carbocycles. The summed E-state index contributed by atoms with van der Waals surface area (Å²) in [6.07, 6.45) is 5.15. The van der Waals surface area contributed by atoms with E-state index in [0.29, 0.717) is 18.7 Å². The van der Waals surface area contributed by atoms with Gasteiger partial charge in [0.15, 0.2) is 6.10 Å². The van der Waals surface area contributed by atoms with Gasteiger partial charge in [-0.3, -0.25) is 4.79 Å². The fraction of sp³-hybridized carbons (Fsp3) is 0.632. The standard InChI is InChI=1S/C19H30N2O3/c1-3-18(24-17-10-8-16(23-2)9-11-17)19(22)20-12-7-15-21-13-5-4-6-14-21/h8-11,18H,3-7,12-15H2,1-2H3,(H,20,22)/t18-/m0/s1. The van der Waals surface area contributed by atoms with Crippen molar-refractivity contribution in [3.05, 3.63) is 24.3 Å². The molecule has 5 nitrogen and oxygen atoms in total. The van der Waals surface area contributed by atoms with Crippen molar-refractivity contribution in [2.24, 2.45) is 0 Å². The van der Waals surface area contributed by atoms with Crippen LogP contribution in [0, 0.1) is 0 Å². The predicted molar refractivity (Wildman–Crippen MR) is 95.6 cm³/mol. The monoisotopic (exact) mass is 334 g/mol. The molecule has 1 heterocycles. The van der Waals surface area contributed by atoms with Crippen molar-refractivity contribution in [3.63, 3.8) is 0 Å². The minimum Gasteiger partial charge on any atom is -0.497 e. The molecule has 1 fully saturated rings. The molecule has 1 aliphatic rings. The van der Waals surface area contributed by atoms with Gasteiger partial charge in [0, 0.05) is 6.54 Å². The van der Waals surface area contributed by atoms with Gasteiger partial charge in [0.2, 0.25) is 0 Å². The fourth-order valence-corrected chi connectivity index (χ4v) is 2.95. The van der Waals surface area contributed by atoms with Crippen molar-refractivity contribution in [1.82, 2.24) is 10.2 Å². The lowest BCUT2D eigenvalue weighted by Gasteiger charge is -2.26. The minimum absolute atomic E-state index is 0.0352. The number of piperidine rings is 1. The molecule has 0 saturated carbocycles. The first-order chi connectivity index (χ1) is 11.7. The maximum absolute atomic E-state index is 12.3. The van der Waals surface area contributed by atoms with E-state index >= 15 is 0 Å². The molecule has 0 radical (unpaired) electrons. The molecule has 1 saturated heterocycles. The molecule has 0 bridgehead atoms. The number of carbonyl (C=O) groups excluding carboxylic acids is 1. The van der Waals surface area contributed by atoms with Crippen LogP contribution in [0.15, 0.2) is 24.3 Å². The lowest BCUT2D eigenvalue weighted by Crippen LogP contribution is -2.39. The molecule has 0 aliphatic carbocycles. The van der Waals surface area contributed by atoms with Crippen molar-refractivity contribution in [2.75, 3.05) is 33.3 Å². The van der Waals surface area contributed by atoms with Gasteiger partial charge in [-0.15, -0.1) is 0 Å². The average molecular weight is 334 g/mol. The topological polar surface area (TPSA) is 50.8 Å². The summed E-state index contributed by atoms with van der Waals surface area (Å²) >= 11 is 0. The summed E-state index contributed by atoms with van der Waals surface area (Å²) in [5.41, 5.74) is 0. The van der Waals surface area contributed by atoms with Crippen LogP contribution in [-0.4, -0.2) is 50.2 Å². The summed E-state index contributed by atoms with van der Waals surface area (Å²) < 4.78 is 10.9.